The highest BCUT2D eigenvalue weighted by Crippen LogP contribution is 2.14. The lowest BCUT2D eigenvalue weighted by Crippen LogP contribution is -2.52. The first-order chi connectivity index (χ1) is 12.6. The summed E-state index contributed by atoms with van der Waals surface area (Å²) in [6.45, 7) is 8.63. The predicted molar refractivity (Wildman–Crippen MR) is 107 cm³/mol. The lowest BCUT2D eigenvalue weighted by molar-refractivity contribution is 0.172. The number of aryl methyl sites for hydroxylation is 1. The standard InChI is InChI=1S/C19H27ClN6/c1-16-13-23-26(14-16)7-6-22-19(21-2)25-10-8-24(9-11-25)15-17-4-3-5-18(20)12-17/h3-5,12-14H,6-11,15H2,1-2H3,(H,21,22). The van der Waals surface area contributed by atoms with E-state index in [1.165, 1.54) is 11.1 Å². The molecule has 1 aliphatic heterocycles. The largest absolute Gasteiger partial charge is 0.354 e. The van der Waals surface area contributed by atoms with Crippen LogP contribution in [0, 0.1) is 6.92 Å². The number of rotatable bonds is 5. The molecule has 1 saturated heterocycles. The minimum Gasteiger partial charge on any atom is -0.354 e. The molecule has 1 N–H and O–H groups in total. The lowest BCUT2D eigenvalue weighted by Gasteiger charge is -2.36. The van der Waals surface area contributed by atoms with Crippen molar-refractivity contribution in [1.82, 2.24) is 24.9 Å². The molecule has 1 aliphatic rings. The predicted octanol–water partition coefficient (Wildman–Crippen LogP) is 2.24. The molecule has 1 aromatic carbocycles. The topological polar surface area (TPSA) is 48.7 Å². The van der Waals surface area contributed by atoms with Gasteiger partial charge in [-0.25, -0.2) is 0 Å². The van der Waals surface area contributed by atoms with Crippen LogP contribution in [0.2, 0.25) is 5.02 Å². The summed E-state index contributed by atoms with van der Waals surface area (Å²) in [6.07, 6.45) is 3.94. The first-order valence-electron chi connectivity index (χ1n) is 9.05. The Morgan fingerprint density at radius 3 is 2.73 bits per heavy atom. The number of benzene rings is 1. The molecule has 0 saturated carbocycles. The van der Waals surface area contributed by atoms with Crippen LogP contribution in [0.3, 0.4) is 0 Å². The molecule has 140 valence electrons. The molecule has 0 atom stereocenters. The number of nitrogens with one attached hydrogen (secondary N) is 1. The Morgan fingerprint density at radius 2 is 2.08 bits per heavy atom. The number of hydrogen-bond acceptors (Lipinski definition) is 3. The first kappa shape index (κ1) is 18.7. The van der Waals surface area contributed by atoms with Crippen LogP contribution in [0.15, 0.2) is 41.7 Å². The van der Waals surface area contributed by atoms with E-state index in [0.717, 1.165) is 56.8 Å². The van der Waals surface area contributed by atoms with E-state index in [4.69, 9.17) is 11.6 Å². The second kappa shape index (κ2) is 9.05. The maximum atomic E-state index is 6.08. The summed E-state index contributed by atoms with van der Waals surface area (Å²) in [5.41, 5.74) is 2.45. The van der Waals surface area contributed by atoms with Crippen LogP contribution in [0.1, 0.15) is 11.1 Å². The summed E-state index contributed by atoms with van der Waals surface area (Å²) in [5.74, 6) is 0.969. The molecule has 2 aromatic rings. The smallest absolute Gasteiger partial charge is 0.193 e. The van der Waals surface area contributed by atoms with Crippen LogP contribution in [0.4, 0.5) is 0 Å². The summed E-state index contributed by atoms with van der Waals surface area (Å²) in [5, 5.41) is 8.57. The molecule has 6 nitrogen and oxygen atoms in total. The highest BCUT2D eigenvalue weighted by Gasteiger charge is 2.19. The van der Waals surface area contributed by atoms with Crippen molar-refractivity contribution in [2.75, 3.05) is 39.8 Å². The third-order valence-corrected chi connectivity index (χ3v) is 4.80. The van der Waals surface area contributed by atoms with Crippen molar-refractivity contribution in [3.05, 3.63) is 52.8 Å². The van der Waals surface area contributed by atoms with Gasteiger partial charge in [0.15, 0.2) is 5.96 Å². The van der Waals surface area contributed by atoms with Gasteiger partial charge in [0.05, 0.1) is 12.7 Å². The zero-order valence-electron chi connectivity index (χ0n) is 15.5. The number of piperazine rings is 1. The van der Waals surface area contributed by atoms with E-state index in [-0.39, 0.29) is 0 Å². The second-order valence-corrected chi connectivity index (χ2v) is 7.08. The van der Waals surface area contributed by atoms with Gasteiger partial charge in [0.2, 0.25) is 0 Å². The molecule has 0 aliphatic carbocycles. The van der Waals surface area contributed by atoms with Gasteiger partial charge in [-0.15, -0.1) is 0 Å². The minimum atomic E-state index is 0.804. The molecule has 0 amide bonds. The molecule has 0 unspecified atom stereocenters. The average Bonchev–Trinajstić information content (AvgIpc) is 3.05. The summed E-state index contributed by atoms with van der Waals surface area (Å²) in [7, 11) is 1.85. The number of halogens is 1. The van der Waals surface area contributed by atoms with E-state index in [1.54, 1.807) is 0 Å². The van der Waals surface area contributed by atoms with Crippen LogP contribution in [0.5, 0.6) is 0 Å². The number of aliphatic imine (C=N–C) groups is 1. The fraction of sp³-hybridized carbons (Fsp3) is 0.474. The summed E-state index contributed by atoms with van der Waals surface area (Å²) < 4.78 is 1.96. The Bertz CT molecular complexity index is 733. The molecule has 7 heteroatoms. The third kappa shape index (κ3) is 5.22. The molecule has 0 radical (unpaired) electrons. The van der Waals surface area contributed by atoms with Gasteiger partial charge >= 0.3 is 0 Å². The lowest BCUT2D eigenvalue weighted by atomic mass is 10.2. The summed E-state index contributed by atoms with van der Waals surface area (Å²) >= 11 is 6.08. The van der Waals surface area contributed by atoms with Gasteiger partial charge < -0.3 is 10.2 Å². The number of aromatic nitrogens is 2. The molecule has 2 heterocycles. The van der Waals surface area contributed by atoms with Crippen LogP contribution < -0.4 is 5.32 Å². The van der Waals surface area contributed by atoms with Gasteiger partial charge in [0.1, 0.15) is 0 Å². The van der Waals surface area contributed by atoms with Crippen molar-refractivity contribution in [2.45, 2.75) is 20.0 Å². The van der Waals surface area contributed by atoms with E-state index < -0.39 is 0 Å². The van der Waals surface area contributed by atoms with Crippen molar-refractivity contribution >= 4 is 17.6 Å². The van der Waals surface area contributed by atoms with Gasteiger partial charge in [0.25, 0.3) is 0 Å². The fourth-order valence-corrected chi connectivity index (χ4v) is 3.43. The Kier molecular flexibility index (Phi) is 6.52. The van der Waals surface area contributed by atoms with Gasteiger partial charge in [-0.3, -0.25) is 14.6 Å². The number of hydrogen-bond donors (Lipinski definition) is 1. The van der Waals surface area contributed by atoms with Crippen LogP contribution in [0.25, 0.3) is 0 Å². The maximum absolute atomic E-state index is 6.08. The Balaban J connectivity index is 1.43. The Hall–Kier alpha value is -2.05. The van der Waals surface area contributed by atoms with E-state index in [0.29, 0.717) is 0 Å². The number of guanidine groups is 1. The van der Waals surface area contributed by atoms with E-state index >= 15 is 0 Å². The van der Waals surface area contributed by atoms with Gasteiger partial charge in [-0.2, -0.15) is 5.10 Å². The second-order valence-electron chi connectivity index (χ2n) is 6.65. The Morgan fingerprint density at radius 1 is 1.27 bits per heavy atom. The van der Waals surface area contributed by atoms with Crippen molar-refractivity contribution < 1.29 is 0 Å². The zero-order chi connectivity index (χ0) is 18.4. The SMILES string of the molecule is CN=C(NCCn1cc(C)cn1)N1CCN(Cc2cccc(Cl)c2)CC1. The average molecular weight is 375 g/mol. The molecule has 1 fully saturated rings. The van der Waals surface area contributed by atoms with E-state index in [2.05, 4.69) is 44.4 Å². The minimum absolute atomic E-state index is 0.804. The Labute approximate surface area is 160 Å². The van der Waals surface area contributed by atoms with Crippen LogP contribution >= 0.6 is 11.6 Å². The van der Waals surface area contributed by atoms with Crippen LogP contribution in [-0.2, 0) is 13.1 Å². The first-order valence-corrected chi connectivity index (χ1v) is 9.43. The van der Waals surface area contributed by atoms with Crippen molar-refractivity contribution in [1.29, 1.82) is 0 Å². The highest BCUT2D eigenvalue weighted by molar-refractivity contribution is 6.30. The quantitative estimate of drug-likeness (QED) is 0.644. The van der Waals surface area contributed by atoms with Gasteiger partial charge in [0, 0.05) is 57.5 Å². The van der Waals surface area contributed by atoms with E-state index in [9.17, 15) is 0 Å². The number of nitrogens with zero attached hydrogens (tertiary/aromatic N) is 5. The molecule has 0 spiro atoms. The monoisotopic (exact) mass is 374 g/mol. The van der Waals surface area contributed by atoms with Crippen molar-refractivity contribution in [3.8, 4) is 0 Å². The summed E-state index contributed by atoms with van der Waals surface area (Å²) in [4.78, 5) is 9.22. The molecule has 1 aromatic heterocycles. The summed E-state index contributed by atoms with van der Waals surface area (Å²) in [6, 6.07) is 8.12. The molecular weight excluding hydrogens is 348 g/mol. The van der Waals surface area contributed by atoms with Crippen molar-refractivity contribution in [3.63, 3.8) is 0 Å². The zero-order valence-corrected chi connectivity index (χ0v) is 16.3. The highest BCUT2D eigenvalue weighted by atomic mass is 35.5. The van der Waals surface area contributed by atoms with Crippen LogP contribution in [-0.4, -0.2) is 65.3 Å². The molecule has 26 heavy (non-hydrogen) atoms. The molecule has 0 bridgehead atoms. The van der Waals surface area contributed by atoms with E-state index in [1.807, 2.05) is 36.1 Å². The van der Waals surface area contributed by atoms with Gasteiger partial charge in [-0.05, 0) is 30.2 Å². The maximum Gasteiger partial charge on any atom is 0.193 e. The third-order valence-electron chi connectivity index (χ3n) is 4.57. The van der Waals surface area contributed by atoms with Gasteiger partial charge in [-0.1, -0.05) is 23.7 Å². The normalized spacial score (nSPS) is 16.1. The molecule has 3 rings (SSSR count). The fourth-order valence-electron chi connectivity index (χ4n) is 3.22. The molecular formula is C19H27ClN6. The van der Waals surface area contributed by atoms with Crippen molar-refractivity contribution in [2.24, 2.45) is 4.99 Å².